The summed E-state index contributed by atoms with van der Waals surface area (Å²) in [4.78, 5) is 12.2. The first-order valence-electron chi connectivity index (χ1n) is 7.45. The molecule has 6 heteroatoms. The van der Waals surface area contributed by atoms with Gasteiger partial charge in [0.1, 0.15) is 6.61 Å². The predicted molar refractivity (Wildman–Crippen MR) is 90.4 cm³/mol. The van der Waals surface area contributed by atoms with Gasteiger partial charge < -0.3 is 24.3 Å². The Labute approximate surface area is 141 Å². The van der Waals surface area contributed by atoms with Gasteiger partial charge in [-0.1, -0.05) is 12.1 Å². The van der Waals surface area contributed by atoms with Crippen molar-refractivity contribution < 1.29 is 23.7 Å². The first kappa shape index (κ1) is 17.5. The van der Waals surface area contributed by atoms with Crippen molar-refractivity contribution in [3.8, 4) is 23.0 Å². The molecule has 0 fully saturated rings. The molecule has 0 aliphatic rings. The topological polar surface area (TPSA) is 66.0 Å². The average molecular weight is 331 g/mol. The molecule has 0 spiro atoms. The maximum atomic E-state index is 12.2. The first-order chi connectivity index (χ1) is 11.7. The van der Waals surface area contributed by atoms with Gasteiger partial charge in [-0.05, 0) is 30.3 Å². The third-order valence-corrected chi connectivity index (χ3v) is 3.36. The van der Waals surface area contributed by atoms with Crippen LogP contribution < -0.4 is 24.3 Å². The van der Waals surface area contributed by atoms with Crippen LogP contribution in [0.25, 0.3) is 0 Å². The molecular formula is C18H21NO5. The van der Waals surface area contributed by atoms with Gasteiger partial charge in [0.25, 0.3) is 5.91 Å². The Morgan fingerprint density at radius 1 is 0.875 bits per heavy atom. The van der Waals surface area contributed by atoms with Crippen molar-refractivity contribution in [3.63, 3.8) is 0 Å². The average Bonchev–Trinajstić information content (AvgIpc) is 2.64. The van der Waals surface area contributed by atoms with E-state index in [1.54, 1.807) is 32.4 Å². The van der Waals surface area contributed by atoms with E-state index in [0.29, 0.717) is 41.7 Å². The second kappa shape index (κ2) is 8.67. The van der Waals surface area contributed by atoms with Gasteiger partial charge in [-0.3, -0.25) is 4.79 Å². The summed E-state index contributed by atoms with van der Waals surface area (Å²) in [5.41, 5.74) is 0.491. The van der Waals surface area contributed by atoms with Gasteiger partial charge >= 0.3 is 0 Å². The molecule has 0 saturated heterocycles. The summed E-state index contributed by atoms with van der Waals surface area (Å²) >= 11 is 0. The third kappa shape index (κ3) is 4.32. The molecule has 0 heterocycles. The maximum absolute atomic E-state index is 12.2. The molecule has 0 aromatic heterocycles. The first-order valence-corrected chi connectivity index (χ1v) is 7.45. The molecule has 0 aliphatic carbocycles. The molecule has 128 valence electrons. The highest BCUT2D eigenvalue weighted by Crippen LogP contribution is 2.27. The van der Waals surface area contributed by atoms with Crippen LogP contribution in [0.2, 0.25) is 0 Å². The fourth-order valence-corrected chi connectivity index (χ4v) is 2.14. The molecule has 24 heavy (non-hydrogen) atoms. The molecule has 0 aliphatic heterocycles. The lowest BCUT2D eigenvalue weighted by atomic mass is 10.2. The van der Waals surface area contributed by atoms with E-state index in [2.05, 4.69) is 5.32 Å². The van der Waals surface area contributed by atoms with Crippen LogP contribution in [0.5, 0.6) is 23.0 Å². The van der Waals surface area contributed by atoms with E-state index in [-0.39, 0.29) is 5.91 Å². The number of methoxy groups -OCH3 is 3. The zero-order chi connectivity index (χ0) is 17.4. The molecule has 0 radical (unpaired) electrons. The van der Waals surface area contributed by atoms with Crippen LogP contribution in [0.15, 0.2) is 42.5 Å². The highest BCUT2D eigenvalue weighted by Gasteiger charge is 2.10. The van der Waals surface area contributed by atoms with Gasteiger partial charge in [0.05, 0.1) is 27.9 Å². The van der Waals surface area contributed by atoms with Crippen molar-refractivity contribution in [3.05, 3.63) is 48.0 Å². The lowest BCUT2D eigenvalue weighted by molar-refractivity contribution is 0.0946. The van der Waals surface area contributed by atoms with E-state index < -0.39 is 0 Å². The Morgan fingerprint density at radius 3 is 2.17 bits per heavy atom. The van der Waals surface area contributed by atoms with E-state index >= 15 is 0 Å². The Balaban J connectivity index is 1.87. The number of carbonyl (C=O) groups is 1. The summed E-state index contributed by atoms with van der Waals surface area (Å²) in [6.07, 6.45) is 0. The number of amides is 1. The molecule has 2 rings (SSSR count). The number of carbonyl (C=O) groups excluding carboxylic acids is 1. The van der Waals surface area contributed by atoms with Crippen molar-refractivity contribution >= 4 is 5.91 Å². The number of benzene rings is 2. The van der Waals surface area contributed by atoms with Gasteiger partial charge in [0, 0.05) is 5.56 Å². The molecule has 0 unspecified atom stereocenters. The van der Waals surface area contributed by atoms with Crippen LogP contribution in [0.1, 0.15) is 10.4 Å². The molecular weight excluding hydrogens is 310 g/mol. The molecule has 0 atom stereocenters. The van der Waals surface area contributed by atoms with Gasteiger partial charge in [0.2, 0.25) is 0 Å². The smallest absolute Gasteiger partial charge is 0.251 e. The van der Waals surface area contributed by atoms with Crippen LogP contribution in [0.4, 0.5) is 0 Å². The van der Waals surface area contributed by atoms with Crippen molar-refractivity contribution in [1.82, 2.24) is 5.32 Å². The van der Waals surface area contributed by atoms with E-state index in [1.165, 1.54) is 7.11 Å². The number of para-hydroxylation sites is 2. The van der Waals surface area contributed by atoms with Gasteiger partial charge in [0.15, 0.2) is 23.0 Å². The number of ether oxygens (including phenoxy) is 4. The fraction of sp³-hybridized carbons (Fsp3) is 0.278. The third-order valence-electron chi connectivity index (χ3n) is 3.36. The van der Waals surface area contributed by atoms with Crippen molar-refractivity contribution in [2.75, 3.05) is 34.5 Å². The van der Waals surface area contributed by atoms with E-state index in [9.17, 15) is 4.79 Å². The normalized spacial score (nSPS) is 9.96. The lowest BCUT2D eigenvalue weighted by Crippen LogP contribution is -2.28. The summed E-state index contributed by atoms with van der Waals surface area (Å²) in [6, 6.07) is 12.4. The van der Waals surface area contributed by atoms with Crippen LogP contribution in [0, 0.1) is 0 Å². The minimum absolute atomic E-state index is 0.209. The Morgan fingerprint density at radius 2 is 1.50 bits per heavy atom. The fourth-order valence-electron chi connectivity index (χ4n) is 2.14. The number of hydrogen-bond acceptors (Lipinski definition) is 5. The van der Waals surface area contributed by atoms with Crippen LogP contribution in [0.3, 0.4) is 0 Å². The highest BCUT2D eigenvalue weighted by molar-refractivity contribution is 5.94. The molecule has 0 saturated carbocycles. The van der Waals surface area contributed by atoms with Crippen LogP contribution >= 0.6 is 0 Å². The Hall–Kier alpha value is -2.89. The van der Waals surface area contributed by atoms with E-state index in [4.69, 9.17) is 18.9 Å². The van der Waals surface area contributed by atoms with Gasteiger partial charge in [-0.2, -0.15) is 0 Å². The molecule has 1 N–H and O–H groups in total. The predicted octanol–water partition coefficient (Wildman–Crippen LogP) is 2.52. The number of nitrogens with one attached hydrogen (secondary N) is 1. The van der Waals surface area contributed by atoms with Gasteiger partial charge in [-0.15, -0.1) is 0 Å². The Bertz CT molecular complexity index is 687. The maximum Gasteiger partial charge on any atom is 0.251 e. The summed E-state index contributed by atoms with van der Waals surface area (Å²) < 4.78 is 21.2. The Kier molecular flexibility index (Phi) is 6.31. The zero-order valence-electron chi connectivity index (χ0n) is 14.0. The SMILES string of the molecule is COc1ccc(C(=O)NCCOc2ccccc2OC)cc1OC. The summed E-state index contributed by atoms with van der Waals surface area (Å²) in [7, 11) is 4.66. The minimum Gasteiger partial charge on any atom is -0.493 e. The molecule has 2 aromatic carbocycles. The molecule has 6 nitrogen and oxygen atoms in total. The number of rotatable bonds is 8. The van der Waals surface area contributed by atoms with Crippen LogP contribution in [-0.2, 0) is 0 Å². The summed E-state index contributed by atoms with van der Waals surface area (Å²) in [5, 5.41) is 2.79. The highest BCUT2D eigenvalue weighted by atomic mass is 16.5. The second-order valence-electron chi connectivity index (χ2n) is 4.82. The lowest BCUT2D eigenvalue weighted by Gasteiger charge is -2.12. The monoisotopic (exact) mass is 331 g/mol. The molecule has 0 bridgehead atoms. The quantitative estimate of drug-likeness (QED) is 0.753. The van der Waals surface area contributed by atoms with Gasteiger partial charge in [-0.25, -0.2) is 0 Å². The van der Waals surface area contributed by atoms with Crippen molar-refractivity contribution in [2.24, 2.45) is 0 Å². The minimum atomic E-state index is -0.209. The standard InChI is InChI=1S/C18H21NO5/c1-21-14-6-4-5-7-16(14)24-11-10-19-18(20)13-8-9-15(22-2)17(12-13)23-3/h4-9,12H,10-11H2,1-3H3,(H,19,20). The van der Waals surface area contributed by atoms with Crippen molar-refractivity contribution in [1.29, 1.82) is 0 Å². The van der Waals surface area contributed by atoms with E-state index in [0.717, 1.165) is 0 Å². The number of hydrogen-bond donors (Lipinski definition) is 1. The second-order valence-corrected chi connectivity index (χ2v) is 4.82. The largest absolute Gasteiger partial charge is 0.493 e. The van der Waals surface area contributed by atoms with Crippen molar-refractivity contribution in [2.45, 2.75) is 0 Å². The molecule has 2 aromatic rings. The summed E-state index contributed by atoms with van der Waals surface area (Å²) in [5.74, 6) is 2.17. The molecule has 1 amide bonds. The van der Waals surface area contributed by atoms with Crippen LogP contribution in [-0.4, -0.2) is 40.4 Å². The summed E-state index contributed by atoms with van der Waals surface area (Å²) in [6.45, 7) is 0.699. The van der Waals surface area contributed by atoms with E-state index in [1.807, 2.05) is 24.3 Å². The zero-order valence-corrected chi connectivity index (χ0v) is 14.0.